The van der Waals surface area contributed by atoms with Crippen molar-refractivity contribution in [1.82, 2.24) is 0 Å². The summed E-state index contributed by atoms with van der Waals surface area (Å²) in [6.45, 7) is 2.64. The fourth-order valence-electron chi connectivity index (χ4n) is 2.20. The third kappa shape index (κ3) is 2.26. The highest BCUT2D eigenvalue weighted by molar-refractivity contribution is 5.25. The molecule has 2 N–H and O–H groups in total. The zero-order valence-electron chi connectivity index (χ0n) is 9.47. The normalized spacial score (nSPS) is 30.3. The van der Waals surface area contributed by atoms with Crippen molar-refractivity contribution in [2.45, 2.75) is 32.2 Å². The Bertz CT molecular complexity index is 351. The van der Waals surface area contributed by atoms with Crippen LogP contribution in [0, 0.1) is 5.92 Å². The molecule has 3 nitrogen and oxygen atoms in total. The molecule has 3 atom stereocenters. The Morgan fingerprint density at radius 1 is 1.44 bits per heavy atom. The maximum atomic E-state index is 9.81. The minimum atomic E-state index is -0.295. The van der Waals surface area contributed by atoms with E-state index in [4.69, 9.17) is 9.84 Å². The largest absolute Gasteiger partial charge is 0.393 e. The zero-order valence-corrected chi connectivity index (χ0v) is 9.47. The summed E-state index contributed by atoms with van der Waals surface area (Å²) in [6.07, 6.45) is 0.351. The Hall–Kier alpha value is -0.900. The van der Waals surface area contributed by atoms with Crippen LogP contribution in [0.1, 0.15) is 30.6 Å². The first-order valence-electron chi connectivity index (χ1n) is 5.71. The highest BCUT2D eigenvalue weighted by atomic mass is 16.5. The first-order chi connectivity index (χ1) is 7.72. The van der Waals surface area contributed by atoms with E-state index in [0.29, 0.717) is 13.0 Å². The molecule has 0 bridgehead atoms. The summed E-state index contributed by atoms with van der Waals surface area (Å²) in [4.78, 5) is 0. The van der Waals surface area contributed by atoms with Gasteiger partial charge >= 0.3 is 0 Å². The zero-order chi connectivity index (χ0) is 11.5. The second-order valence-corrected chi connectivity index (χ2v) is 4.41. The van der Waals surface area contributed by atoms with E-state index in [1.54, 1.807) is 0 Å². The second-order valence-electron chi connectivity index (χ2n) is 4.41. The van der Waals surface area contributed by atoms with E-state index in [0.717, 1.165) is 11.1 Å². The lowest BCUT2D eigenvalue weighted by Crippen LogP contribution is -2.32. The number of aliphatic hydroxyl groups excluding tert-OH is 2. The number of aliphatic hydroxyl groups is 2. The van der Waals surface area contributed by atoms with Crippen molar-refractivity contribution < 1.29 is 14.9 Å². The summed E-state index contributed by atoms with van der Waals surface area (Å²) >= 11 is 0. The number of ether oxygens (including phenoxy) is 1. The lowest BCUT2D eigenvalue weighted by Gasteiger charge is -2.33. The van der Waals surface area contributed by atoms with Gasteiger partial charge in [0.2, 0.25) is 0 Å². The van der Waals surface area contributed by atoms with Gasteiger partial charge in [-0.1, -0.05) is 31.2 Å². The molecule has 88 valence electrons. The minimum absolute atomic E-state index is 0.0392. The van der Waals surface area contributed by atoms with Crippen molar-refractivity contribution in [2.24, 2.45) is 5.92 Å². The Morgan fingerprint density at radius 2 is 2.25 bits per heavy atom. The van der Waals surface area contributed by atoms with Crippen LogP contribution in [0.25, 0.3) is 0 Å². The van der Waals surface area contributed by atoms with Crippen LogP contribution in [0.2, 0.25) is 0 Å². The molecule has 2 unspecified atom stereocenters. The Kier molecular flexibility index (Phi) is 3.59. The van der Waals surface area contributed by atoms with Crippen molar-refractivity contribution in [3.8, 4) is 0 Å². The van der Waals surface area contributed by atoms with E-state index in [1.807, 2.05) is 31.2 Å². The quantitative estimate of drug-likeness (QED) is 0.799. The highest BCUT2D eigenvalue weighted by Gasteiger charge is 2.30. The number of benzene rings is 1. The highest BCUT2D eigenvalue weighted by Crippen LogP contribution is 2.33. The van der Waals surface area contributed by atoms with Crippen molar-refractivity contribution in [3.05, 3.63) is 35.4 Å². The molecule has 0 saturated carbocycles. The van der Waals surface area contributed by atoms with Gasteiger partial charge in [0, 0.05) is 12.5 Å². The molecule has 1 heterocycles. The van der Waals surface area contributed by atoms with Crippen molar-refractivity contribution in [2.75, 3.05) is 6.61 Å². The first kappa shape index (κ1) is 11.6. The van der Waals surface area contributed by atoms with E-state index >= 15 is 0 Å². The standard InChI is InChI=1S/C13H18O3/c1-9-12(15)5-6-16-13(9)11-4-2-3-10(7-11)8-14/h2-4,7,9,12-15H,5-6,8H2,1H3/t9?,12-,13?/m1/s1. The summed E-state index contributed by atoms with van der Waals surface area (Å²) in [5.74, 6) is 0.0997. The maximum Gasteiger partial charge on any atom is 0.0875 e. The molecule has 0 aromatic heterocycles. The summed E-state index contributed by atoms with van der Waals surface area (Å²) < 4.78 is 5.70. The molecule has 0 radical (unpaired) electrons. The Morgan fingerprint density at radius 3 is 3.00 bits per heavy atom. The third-order valence-electron chi connectivity index (χ3n) is 3.26. The molecule has 2 rings (SSSR count). The van der Waals surface area contributed by atoms with Gasteiger partial charge in [-0.05, 0) is 17.5 Å². The van der Waals surface area contributed by atoms with Crippen molar-refractivity contribution in [3.63, 3.8) is 0 Å². The fourth-order valence-corrected chi connectivity index (χ4v) is 2.20. The number of hydrogen-bond acceptors (Lipinski definition) is 3. The molecule has 0 amide bonds. The molecule has 1 aromatic rings. The van der Waals surface area contributed by atoms with Gasteiger partial charge in [-0.25, -0.2) is 0 Å². The smallest absolute Gasteiger partial charge is 0.0875 e. The van der Waals surface area contributed by atoms with Gasteiger partial charge in [0.1, 0.15) is 0 Å². The van der Waals surface area contributed by atoms with Gasteiger partial charge < -0.3 is 14.9 Å². The van der Waals surface area contributed by atoms with E-state index in [9.17, 15) is 5.11 Å². The van der Waals surface area contributed by atoms with Crippen LogP contribution in [-0.2, 0) is 11.3 Å². The average molecular weight is 222 g/mol. The molecule has 0 aliphatic carbocycles. The predicted octanol–water partition coefficient (Wildman–Crippen LogP) is 1.64. The maximum absolute atomic E-state index is 9.81. The topological polar surface area (TPSA) is 49.7 Å². The van der Waals surface area contributed by atoms with E-state index in [-0.39, 0.29) is 24.7 Å². The molecule has 0 spiro atoms. The fraction of sp³-hybridized carbons (Fsp3) is 0.538. The van der Waals surface area contributed by atoms with E-state index in [1.165, 1.54) is 0 Å². The molecule has 3 heteroatoms. The molecular weight excluding hydrogens is 204 g/mol. The summed E-state index contributed by atoms with van der Waals surface area (Å²) in [6, 6.07) is 7.73. The van der Waals surface area contributed by atoms with Crippen molar-refractivity contribution >= 4 is 0 Å². The summed E-state index contributed by atoms with van der Waals surface area (Å²) in [7, 11) is 0. The summed E-state index contributed by atoms with van der Waals surface area (Å²) in [5, 5.41) is 18.9. The van der Waals surface area contributed by atoms with Crippen LogP contribution in [0.3, 0.4) is 0 Å². The van der Waals surface area contributed by atoms with Gasteiger partial charge in [0.05, 0.1) is 18.8 Å². The molecule has 1 aliphatic heterocycles. The third-order valence-corrected chi connectivity index (χ3v) is 3.26. The van der Waals surface area contributed by atoms with E-state index < -0.39 is 0 Å². The first-order valence-corrected chi connectivity index (χ1v) is 5.71. The van der Waals surface area contributed by atoms with Crippen LogP contribution < -0.4 is 0 Å². The second kappa shape index (κ2) is 4.95. The molecular formula is C13H18O3. The Balaban J connectivity index is 2.21. The minimum Gasteiger partial charge on any atom is -0.393 e. The Labute approximate surface area is 95.7 Å². The van der Waals surface area contributed by atoms with Gasteiger partial charge in [0.25, 0.3) is 0 Å². The van der Waals surface area contributed by atoms with Gasteiger partial charge in [0.15, 0.2) is 0 Å². The lowest BCUT2D eigenvalue weighted by molar-refractivity contribution is -0.0875. The number of hydrogen-bond donors (Lipinski definition) is 2. The lowest BCUT2D eigenvalue weighted by atomic mass is 9.88. The SMILES string of the molecule is CC1C(c2cccc(CO)c2)OCC[C@H]1O. The van der Waals surface area contributed by atoms with Crippen molar-refractivity contribution in [1.29, 1.82) is 0 Å². The predicted molar refractivity (Wildman–Crippen MR) is 60.8 cm³/mol. The van der Waals surface area contributed by atoms with E-state index in [2.05, 4.69) is 0 Å². The van der Waals surface area contributed by atoms with Crippen LogP contribution in [0.15, 0.2) is 24.3 Å². The monoisotopic (exact) mass is 222 g/mol. The summed E-state index contributed by atoms with van der Waals surface area (Å²) in [5.41, 5.74) is 1.92. The van der Waals surface area contributed by atoms with Gasteiger partial charge in [-0.15, -0.1) is 0 Å². The van der Waals surface area contributed by atoms with Gasteiger partial charge in [-0.3, -0.25) is 0 Å². The number of rotatable bonds is 2. The van der Waals surface area contributed by atoms with Crippen LogP contribution >= 0.6 is 0 Å². The molecule has 16 heavy (non-hydrogen) atoms. The van der Waals surface area contributed by atoms with Crippen LogP contribution in [0.5, 0.6) is 0 Å². The van der Waals surface area contributed by atoms with Crippen LogP contribution in [0.4, 0.5) is 0 Å². The van der Waals surface area contributed by atoms with Gasteiger partial charge in [-0.2, -0.15) is 0 Å². The molecule has 1 aliphatic rings. The molecule has 1 fully saturated rings. The molecule has 1 saturated heterocycles. The van der Waals surface area contributed by atoms with Crippen LogP contribution in [-0.4, -0.2) is 22.9 Å². The molecule has 1 aromatic carbocycles. The average Bonchev–Trinajstić information content (AvgIpc) is 2.33.